The van der Waals surface area contributed by atoms with Crippen LogP contribution in [0.2, 0.25) is 0 Å². The minimum Gasteiger partial charge on any atom is -0.488 e. The average molecular weight is 237 g/mol. The molecule has 0 fully saturated rings. The Morgan fingerprint density at radius 3 is 2.59 bits per heavy atom. The lowest BCUT2D eigenvalue weighted by molar-refractivity contribution is 0.0650. The standard InChI is InChI=1S/C14H23NO2/c1-5-16-10-11(2)17-14-9-7-6-8-13(14)12(3)15-4/h6-9,11-12,15H,5,10H2,1-4H3. The molecular weight excluding hydrogens is 214 g/mol. The maximum absolute atomic E-state index is 5.91. The maximum Gasteiger partial charge on any atom is 0.124 e. The van der Waals surface area contributed by atoms with E-state index < -0.39 is 0 Å². The van der Waals surface area contributed by atoms with E-state index in [-0.39, 0.29) is 12.1 Å². The summed E-state index contributed by atoms with van der Waals surface area (Å²) < 4.78 is 11.3. The molecule has 1 N–H and O–H groups in total. The second-order valence-electron chi connectivity index (χ2n) is 4.14. The molecule has 0 bridgehead atoms. The highest BCUT2D eigenvalue weighted by molar-refractivity contribution is 5.35. The van der Waals surface area contributed by atoms with Crippen LogP contribution in [0.4, 0.5) is 0 Å². The van der Waals surface area contributed by atoms with Crippen LogP contribution in [0.25, 0.3) is 0 Å². The van der Waals surface area contributed by atoms with Crippen molar-refractivity contribution in [2.75, 3.05) is 20.3 Å². The quantitative estimate of drug-likeness (QED) is 0.791. The van der Waals surface area contributed by atoms with Crippen molar-refractivity contribution in [1.82, 2.24) is 5.32 Å². The number of rotatable bonds is 7. The van der Waals surface area contributed by atoms with E-state index in [0.29, 0.717) is 6.61 Å². The SMILES string of the molecule is CCOCC(C)Oc1ccccc1C(C)NC. The van der Waals surface area contributed by atoms with Crippen LogP contribution in [0.3, 0.4) is 0 Å². The molecule has 2 atom stereocenters. The molecule has 0 saturated heterocycles. The van der Waals surface area contributed by atoms with Crippen LogP contribution in [0, 0.1) is 0 Å². The van der Waals surface area contributed by atoms with Gasteiger partial charge in [-0.25, -0.2) is 0 Å². The summed E-state index contributed by atoms with van der Waals surface area (Å²) in [4.78, 5) is 0. The van der Waals surface area contributed by atoms with E-state index >= 15 is 0 Å². The van der Waals surface area contributed by atoms with Crippen molar-refractivity contribution in [1.29, 1.82) is 0 Å². The van der Waals surface area contributed by atoms with Gasteiger partial charge in [0.1, 0.15) is 11.9 Å². The summed E-state index contributed by atoms with van der Waals surface area (Å²) in [5, 5.41) is 3.23. The normalized spacial score (nSPS) is 14.4. The van der Waals surface area contributed by atoms with Crippen LogP contribution in [0.5, 0.6) is 5.75 Å². The van der Waals surface area contributed by atoms with Gasteiger partial charge in [0.05, 0.1) is 6.61 Å². The van der Waals surface area contributed by atoms with E-state index in [0.717, 1.165) is 12.4 Å². The lowest BCUT2D eigenvalue weighted by Gasteiger charge is -2.20. The number of benzene rings is 1. The van der Waals surface area contributed by atoms with Gasteiger partial charge in [-0.2, -0.15) is 0 Å². The molecule has 0 amide bonds. The van der Waals surface area contributed by atoms with Gasteiger partial charge in [0.25, 0.3) is 0 Å². The fourth-order valence-electron chi connectivity index (χ4n) is 1.64. The van der Waals surface area contributed by atoms with Gasteiger partial charge in [0, 0.05) is 18.2 Å². The third-order valence-corrected chi connectivity index (χ3v) is 2.70. The zero-order chi connectivity index (χ0) is 12.7. The largest absolute Gasteiger partial charge is 0.488 e. The van der Waals surface area contributed by atoms with Crippen LogP contribution in [0.15, 0.2) is 24.3 Å². The Labute approximate surface area is 104 Å². The number of ether oxygens (including phenoxy) is 2. The molecule has 0 aliphatic rings. The number of nitrogens with one attached hydrogen (secondary N) is 1. The minimum atomic E-state index is 0.0696. The predicted molar refractivity (Wildman–Crippen MR) is 70.5 cm³/mol. The van der Waals surface area contributed by atoms with E-state index in [1.807, 2.05) is 39.1 Å². The fraction of sp³-hybridized carbons (Fsp3) is 0.571. The van der Waals surface area contributed by atoms with E-state index in [1.165, 1.54) is 5.56 Å². The Hall–Kier alpha value is -1.06. The lowest BCUT2D eigenvalue weighted by Crippen LogP contribution is -2.21. The number of hydrogen-bond donors (Lipinski definition) is 1. The summed E-state index contributed by atoms with van der Waals surface area (Å²) in [6, 6.07) is 8.40. The van der Waals surface area contributed by atoms with E-state index in [2.05, 4.69) is 18.3 Å². The molecule has 2 unspecified atom stereocenters. The van der Waals surface area contributed by atoms with Crippen LogP contribution in [-0.4, -0.2) is 26.4 Å². The first-order chi connectivity index (χ1) is 8.19. The van der Waals surface area contributed by atoms with Crippen LogP contribution >= 0.6 is 0 Å². The van der Waals surface area contributed by atoms with E-state index in [4.69, 9.17) is 9.47 Å². The Morgan fingerprint density at radius 2 is 1.94 bits per heavy atom. The molecule has 0 aromatic heterocycles. The Morgan fingerprint density at radius 1 is 1.24 bits per heavy atom. The molecular formula is C14H23NO2. The molecule has 0 saturated carbocycles. The molecule has 0 heterocycles. The van der Waals surface area contributed by atoms with Crippen LogP contribution in [0.1, 0.15) is 32.4 Å². The van der Waals surface area contributed by atoms with Crippen molar-refractivity contribution in [2.24, 2.45) is 0 Å². The van der Waals surface area contributed by atoms with E-state index in [9.17, 15) is 0 Å². The fourth-order valence-corrected chi connectivity index (χ4v) is 1.64. The zero-order valence-corrected chi connectivity index (χ0v) is 11.2. The van der Waals surface area contributed by atoms with Crippen molar-refractivity contribution in [2.45, 2.75) is 32.9 Å². The second kappa shape index (κ2) is 7.30. The topological polar surface area (TPSA) is 30.5 Å². The summed E-state index contributed by atoms with van der Waals surface area (Å²) in [5.41, 5.74) is 1.18. The molecule has 0 spiro atoms. The summed E-state index contributed by atoms with van der Waals surface area (Å²) in [7, 11) is 1.95. The van der Waals surface area contributed by atoms with Gasteiger partial charge >= 0.3 is 0 Å². The summed E-state index contributed by atoms with van der Waals surface area (Å²) >= 11 is 0. The van der Waals surface area contributed by atoms with Gasteiger partial charge < -0.3 is 14.8 Å². The van der Waals surface area contributed by atoms with Gasteiger partial charge in [-0.05, 0) is 33.9 Å². The summed E-state index contributed by atoms with van der Waals surface area (Å²) in [6.07, 6.45) is 0.0696. The molecule has 96 valence electrons. The summed E-state index contributed by atoms with van der Waals surface area (Å²) in [5.74, 6) is 0.932. The molecule has 0 aliphatic heterocycles. The maximum atomic E-state index is 5.91. The first-order valence-electron chi connectivity index (χ1n) is 6.19. The molecule has 0 radical (unpaired) electrons. The lowest BCUT2D eigenvalue weighted by atomic mass is 10.1. The highest BCUT2D eigenvalue weighted by Crippen LogP contribution is 2.25. The smallest absolute Gasteiger partial charge is 0.124 e. The van der Waals surface area contributed by atoms with Crippen molar-refractivity contribution >= 4 is 0 Å². The molecule has 17 heavy (non-hydrogen) atoms. The monoisotopic (exact) mass is 237 g/mol. The van der Waals surface area contributed by atoms with Crippen LogP contribution in [-0.2, 0) is 4.74 Å². The minimum absolute atomic E-state index is 0.0696. The highest BCUT2D eigenvalue weighted by atomic mass is 16.5. The van der Waals surface area contributed by atoms with Crippen molar-refractivity contribution in [3.63, 3.8) is 0 Å². The number of para-hydroxylation sites is 1. The highest BCUT2D eigenvalue weighted by Gasteiger charge is 2.11. The van der Waals surface area contributed by atoms with Crippen molar-refractivity contribution < 1.29 is 9.47 Å². The average Bonchev–Trinajstić information content (AvgIpc) is 2.36. The molecule has 1 aromatic rings. The molecule has 0 aliphatic carbocycles. The Balaban J connectivity index is 2.69. The van der Waals surface area contributed by atoms with Crippen LogP contribution < -0.4 is 10.1 Å². The number of hydrogen-bond acceptors (Lipinski definition) is 3. The zero-order valence-electron chi connectivity index (χ0n) is 11.2. The van der Waals surface area contributed by atoms with Gasteiger partial charge in [0.2, 0.25) is 0 Å². The molecule has 3 heteroatoms. The van der Waals surface area contributed by atoms with E-state index in [1.54, 1.807) is 0 Å². The van der Waals surface area contributed by atoms with Gasteiger partial charge in [-0.15, -0.1) is 0 Å². The van der Waals surface area contributed by atoms with Gasteiger partial charge in [0.15, 0.2) is 0 Å². The summed E-state index contributed by atoms with van der Waals surface area (Å²) in [6.45, 7) is 7.48. The third-order valence-electron chi connectivity index (χ3n) is 2.70. The molecule has 3 nitrogen and oxygen atoms in total. The predicted octanol–water partition coefficient (Wildman–Crippen LogP) is 2.77. The third kappa shape index (κ3) is 4.36. The first-order valence-corrected chi connectivity index (χ1v) is 6.19. The Kier molecular flexibility index (Phi) is 6.01. The van der Waals surface area contributed by atoms with Gasteiger partial charge in [-0.3, -0.25) is 0 Å². The van der Waals surface area contributed by atoms with Crippen molar-refractivity contribution in [3.8, 4) is 5.75 Å². The van der Waals surface area contributed by atoms with Crippen molar-refractivity contribution in [3.05, 3.63) is 29.8 Å². The second-order valence-corrected chi connectivity index (χ2v) is 4.14. The molecule has 1 aromatic carbocycles. The molecule has 1 rings (SSSR count). The Bertz CT molecular complexity index is 328. The first kappa shape index (κ1) is 14.0. The van der Waals surface area contributed by atoms with Gasteiger partial charge in [-0.1, -0.05) is 18.2 Å².